The topological polar surface area (TPSA) is 96.0 Å². The van der Waals surface area contributed by atoms with E-state index in [0.717, 1.165) is 0 Å². The van der Waals surface area contributed by atoms with Gasteiger partial charge in [0.25, 0.3) is 5.69 Å². The van der Waals surface area contributed by atoms with Gasteiger partial charge in [0.2, 0.25) is 5.91 Å². The number of nitro groups is 1. The van der Waals surface area contributed by atoms with Crippen molar-refractivity contribution < 1.29 is 9.72 Å². The number of benzene rings is 1. The SMILES string of the molecule is CC(=O)Nc1ccc(C(C)C#N)cc1[N+](=O)[O-]. The summed E-state index contributed by atoms with van der Waals surface area (Å²) in [6, 6.07) is 6.33. The number of nitrogens with zero attached hydrogens (tertiary/aromatic N) is 2. The van der Waals surface area contributed by atoms with E-state index in [1.54, 1.807) is 13.0 Å². The Kier molecular flexibility index (Phi) is 3.78. The molecule has 0 bridgehead atoms. The van der Waals surface area contributed by atoms with Crippen molar-refractivity contribution in [3.05, 3.63) is 33.9 Å². The first-order valence-electron chi connectivity index (χ1n) is 4.91. The van der Waals surface area contributed by atoms with Gasteiger partial charge < -0.3 is 5.32 Å². The smallest absolute Gasteiger partial charge is 0.293 e. The number of nitriles is 1. The summed E-state index contributed by atoms with van der Waals surface area (Å²) in [6.07, 6.45) is 0. The quantitative estimate of drug-likeness (QED) is 0.639. The molecule has 1 unspecified atom stereocenters. The molecule has 0 aliphatic heterocycles. The second kappa shape index (κ2) is 5.07. The molecule has 17 heavy (non-hydrogen) atoms. The molecular formula is C11H11N3O3. The Morgan fingerprint density at radius 2 is 2.24 bits per heavy atom. The van der Waals surface area contributed by atoms with Crippen LogP contribution in [-0.4, -0.2) is 10.8 Å². The highest BCUT2D eigenvalue weighted by molar-refractivity contribution is 5.91. The molecule has 1 amide bonds. The number of nitrogens with one attached hydrogen (secondary N) is 1. The molecule has 0 aromatic heterocycles. The number of rotatable bonds is 3. The zero-order valence-electron chi connectivity index (χ0n) is 9.43. The normalized spacial score (nSPS) is 11.4. The predicted octanol–water partition coefficient (Wildman–Crippen LogP) is 2.18. The number of nitro benzene ring substituents is 1. The summed E-state index contributed by atoms with van der Waals surface area (Å²) in [4.78, 5) is 21.1. The van der Waals surface area contributed by atoms with Gasteiger partial charge in [0.1, 0.15) is 5.69 Å². The van der Waals surface area contributed by atoms with Gasteiger partial charge in [-0.3, -0.25) is 14.9 Å². The van der Waals surface area contributed by atoms with Crippen molar-refractivity contribution in [2.24, 2.45) is 0 Å². The molecule has 0 saturated carbocycles. The van der Waals surface area contributed by atoms with E-state index in [2.05, 4.69) is 5.32 Å². The standard InChI is InChI=1S/C11H11N3O3/c1-7(6-12)9-3-4-10(13-8(2)15)11(5-9)14(16)17/h3-5,7H,1-2H3,(H,13,15). The Morgan fingerprint density at radius 3 is 2.71 bits per heavy atom. The fourth-order valence-corrected chi connectivity index (χ4v) is 1.34. The molecule has 1 aromatic rings. The molecule has 0 aliphatic rings. The summed E-state index contributed by atoms with van der Waals surface area (Å²) < 4.78 is 0. The maximum atomic E-state index is 10.9. The minimum Gasteiger partial charge on any atom is -0.321 e. The largest absolute Gasteiger partial charge is 0.321 e. The van der Waals surface area contributed by atoms with E-state index in [1.165, 1.54) is 19.1 Å². The molecule has 6 heteroatoms. The van der Waals surface area contributed by atoms with Crippen molar-refractivity contribution >= 4 is 17.3 Å². The number of anilines is 1. The van der Waals surface area contributed by atoms with Gasteiger partial charge >= 0.3 is 0 Å². The fraction of sp³-hybridized carbons (Fsp3) is 0.273. The van der Waals surface area contributed by atoms with Gasteiger partial charge in [-0.1, -0.05) is 6.07 Å². The molecule has 0 saturated heterocycles. The van der Waals surface area contributed by atoms with Crippen molar-refractivity contribution in [1.29, 1.82) is 5.26 Å². The molecule has 6 nitrogen and oxygen atoms in total. The molecule has 0 heterocycles. The van der Waals surface area contributed by atoms with Crippen molar-refractivity contribution in [1.82, 2.24) is 0 Å². The van der Waals surface area contributed by atoms with Crippen LogP contribution in [0.5, 0.6) is 0 Å². The second-order valence-electron chi connectivity index (χ2n) is 3.57. The molecule has 1 atom stereocenters. The summed E-state index contributed by atoms with van der Waals surface area (Å²) in [5, 5.41) is 22.0. The molecular weight excluding hydrogens is 222 g/mol. The van der Waals surface area contributed by atoms with E-state index in [9.17, 15) is 14.9 Å². The van der Waals surface area contributed by atoms with Crippen LogP contribution in [0.1, 0.15) is 25.3 Å². The maximum Gasteiger partial charge on any atom is 0.293 e. The number of hydrogen-bond acceptors (Lipinski definition) is 4. The number of hydrogen-bond donors (Lipinski definition) is 1. The van der Waals surface area contributed by atoms with Crippen LogP contribution in [0.3, 0.4) is 0 Å². The lowest BCUT2D eigenvalue weighted by Crippen LogP contribution is -2.08. The van der Waals surface area contributed by atoms with E-state index in [0.29, 0.717) is 5.56 Å². The molecule has 88 valence electrons. The van der Waals surface area contributed by atoms with Gasteiger partial charge in [-0.15, -0.1) is 0 Å². The van der Waals surface area contributed by atoms with Gasteiger partial charge in [0.05, 0.1) is 16.9 Å². The van der Waals surface area contributed by atoms with Gasteiger partial charge in [0, 0.05) is 13.0 Å². The van der Waals surface area contributed by atoms with Crippen LogP contribution < -0.4 is 5.32 Å². The van der Waals surface area contributed by atoms with Crippen LogP contribution in [0.25, 0.3) is 0 Å². The summed E-state index contributed by atoms with van der Waals surface area (Å²) in [7, 11) is 0. The molecule has 0 radical (unpaired) electrons. The highest BCUT2D eigenvalue weighted by atomic mass is 16.6. The van der Waals surface area contributed by atoms with Crippen molar-refractivity contribution in [2.45, 2.75) is 19.8 Å². The fourth-order valence-electron chi connectivity index (χ4n) is 1.34. The van der Waals surface area contributed by atoms with E-state index in [1.807, 2.05) is 6.07 Å². The lowest BCUT2D eigenvalue weighted by Gasteiger charge is -2.07. The molecule has 0 spiro atoms. The van der Waals surface area contributed by atoms with E-state index >= 15 is 0 Å². The molecule has 0 aliphatic carbocycles. The number of carbonyl (C=O) groups excluding carboxylic acids is 1. The summed E-state index contributed by atoms with van der Waals surface area (Å²) in [5.74, 6) is -0.811. The lowest BCUT2D eigenvalue weighted by atomic mass is 10.0. The van der Waals surface area contributed by atoms with Crippen LogP contribution >= 0.6 is 0 Å². The maximum absolute atomic E-state index is 10.9. The Labute approximate surface area is 98.0 Å². The average Bonchev–Trinajstić information content (AvgIpc) is 2.27. The second-order valence-corrected chi connectivity index (χ2v) is 3.57. The van der Waals surface area contributed by atoms with E-state index < -0.39 is 10.8 Å². The molecule has 1 rings (SSSR count). The van der Waals surface area contributed by atoms with Crippen molar-refractivity contribution in [3.8, 4) is 6.07 Å². The van der Waals surface area contributed by atoms with Crippen LogP contribution in [0.15, 0.2) is 18.2 Å². The van der Waals surface area contributed by atoms with Gasteiger partial charge in [-0.25, -0.2) is 0 Å². The zero-order valence-corrected chi connectivity index (χ0v) is 9.43. The Balaban J connectivity index is 3.22. The van der Waals surface area contributed by atoms with Crippen LogP contribution in [0, 0.1) is 21.4 Å². The Bertz CT molecular complexity index is 505. The third kappa shape index (κ3) is 3.01. The third-order valence-electron chi connectivity index (χ3n) is 2.22. The number of amides is 1. The first-order valence-corrected chi connectivity index (χ1v) is 4.91. The predicted molar refractivity (Wildman–Crippen MR) is 61.4 cm³/mol. The summed E-state index contributed by atoms with van der Waals surface area (Å²) in [6.45, 7) is 2.92. The van der Waals surface area contributed by atoms with Crippen LogP contribution in [0.2, 0.25) is 0 Å². The number of carbonyl (C=O) groups is 1. The van der Waals surface area contributed by atoms with Gasteiger partial charge in [-0.05, 0) is 18.6 Å². The lowest BCUT2D eigenvalue weighted by molar-refractivity contribution is -0.384. The first kappa shape index (κ1) is 12.6. The molecule has 1 N–H and O–H groups in total. The van der Waals surface area contributed by atoms with E-state index in [-0.39, 0.29) is 17.3 Å². The molecule has 1 aromatic carbocycles. The highest BCUT2D eigenvalue weighted by Crippen LogP contribution is 2.28. The van der Waals surface area contributed by atoms with Crippen LogP contribution in [-0.2, 0) is 4.79 Å². The van der Waals surface area contributed by atoms with Crippen molar-refractivity contribution in [3.63, 3.8) is 0 Å². The monoisotopic (exact) mass is 233 g/mol. The molecule has 0 fully saturated rings. The Hall–Kier alpha value is -2.42. The minimum absolute atomic E-state index is 0.136. The minimum atomic E-state index is -0.584. The third-order valence-corrected chi connectivity index (χ3v) is 2.22. The van der Waals surface area contributed by atoms with Crippen LogP contribution in [0.4, 0.5) is 11.4 Å². The summed E-state index contributed by atoms with van der Waals surface area (Å²) >= 11 is 0. The summed E-state index contributed by atoms with van der Waals surface area (Å²) in [5.41, 5.74) is 0.476. The highest BCUT2D eigenvalue weighted by Gasteiger charge is 2.17. The van der Waals surface area contributed by atoms with E-state index in [4.69, 9.17) is 5.26 Å². The zero-order chi connectivity index (χ0) is 13.0. The average molecular weight is 233 g/mol. The van der Waals surface area contributed by atoms with Gasteiger partial charge in [0.15, 0.2) is 0 Å². The van der Waals surface area contributed by atoms with Crippen molar-refractivity contribution in [2.75, 3.05) is 5.32 Å². The van der Waals surface area contributed by atoms with Gasteiger partial charge in [-0.2, -0.15) is 5.26 Å². The first-order chi connectivity index (χ1) is 7.95. The Morgan fingerprint density at radius 1 is 1.59 bits per heavy atom.